The normalized spacial score (nSPS) is 11.6. The molecule has 0 spiro atoms. The third-order valence-electron chi connectivity index (χ3n) is 3.57. The number of benzene rings is 2. The van der Waals surface area contributed by atoms with Gasteiger partial charge in [-0.1, -0.05) is 29.3 Å². The molecule has 1 aromatic heterocycles. The van der Waals surface area contributed by atoms with E-state index in [1.807, 2.05) is 6.92 Å². The van der Waals surface area contributed by atoms with Crippen LogP contribution in [0.1, 0.15) is 15.9 Å². The minimum atomic E-state index is -3.84. The van der Waals surface area contributed by atoms with Gasteiger partial charge in [0.1, 0.15) is 0 Å². The number of fused-ring (bicyclic) bond motifs is 1. The van der Waals surface area contributed by atoms with Crippen LogP contribution in [0.15, 0.2) is 47.5 Å². The Morgan fingerprint density at radius 1 is 1.17 bits per heavy atom. The van der Waals surface area contributed by atoms with E-state index in [1.165, 1.54) is 37.6 Å². The predicted molar refractivity (Wildman–Crippen MR) is 89.8 cm³/mol. The summed E-state index contributed by atoms with van der Waals surface area (Å²) in [5, 5.41) is 4.52. The van der Waals surface area contributed by atoms with E-state index in [-0.39, 0.29) is 15.5 Å². The summed E-state index contributed by atoms with van der Waals surface area (Å²) in [4.78, 5) is 11.8. The van der Waals surface area contributed by atoms with Gasteiger partial charge < -0.3 is 4.74 Å². The van der Waals surface area contributed by atoms with E-state index >= 15 is 0 Å². The summed E-state index contributed by atoms with van der Waals surface area (Å²) in [7, 11) is -2.60. The maximum absolute atomic E-state index is 12.7. The number of aryl methyl sites for hydroxylation is 1. The Bertz CT molecular complexity index is 1040. The lowest BCUT2D eigenvalue weighted by molar-refractivity contribution is 0.0601. The van der Waals surface area contributed by atoms with Crippen LogP contribution in [0.2, 0.25) is 5.02 Å². The van der Waals surface area contributed by atoms with Crippen molar-refractivity contribution in [1.29, 1.82) is 0 Å². The Morgan fingerprint density at radius 2 is 1.83 bits per heavy atom. The van der Waals surface area contributed by atoms with Gasteiger partial charge in [0.05, 0.1) is 34.3 Å². The highest BCUT2D eigenvalue weighted by molar-refractivity contribution is 7.89. The second-order valence-corrected chi connectivity index (χ2v) is 7.34. The first-order valence-electron chi connectivity index (χ1n) is 6.93. The maximum Gasteiger partial charge on any atom is 0.339 e. The molecule has 0 N–H and O–H groups in total. The van der Waals surface area contributed by atoms with Crippen molar-refractivity contribution in [1.82, 2.24) is 9.19 Å². The highest BCUT2D eigenvalue weighted by Gasteiger charge is 2.21. The number of carbonyl (C=O) groups excluding carboxylic acids is 1. The van der Waals surface area contributed by atoms with Crippen LogP contribution in [0.5, 0.6) is 0 Å². The fraction of sp³-hybridized carbons (Fsp3) is 0.125. The van der Waals surface area contributed by atoms with E-state index in [4.69, 9.17) is 11.6 Å². The van der Waals surface area contributed by atoms with Gasteiger partial charge in [-0.3, -0.25) is 0 Å². The number of ether oxygens (including phenoxy) is 1. The quantitative estimate of drug-likeness (QED) is 0.667. The number of aromatic nitrogens is 2. The Balaban J connectivity index is 2.16. The Hall–Kier alpha value is -2.38. The van der Waals surface area contributed by atoms with Crippen LogP contribution >= 0.6 is 11.6 Å². The van der Waals surface area contributed by atoms with E-state index < -0.39 is 16.0 Å². The van der Waals surface area contributed by atoms with Crippen molar-refractivity contribution in [2.45, 2.75) is 11.8 Å². The Kier molecular flexibility index (Phi) is 4.06. The molecule has 0 bridgehead atoms. The van der Waals surface area contributed by atoms with Gasteiger partial charge in [0.25, 0.3) is 10.0 Å². The fourth-order valence-electron chi connectivity index (χ4n) is 2.25. The molecule has 0 aliphatic heterocycles. The van der Waals surface area contributed by atoms with Gasteiger partial charge in [0.15, 0.2) is 0 Å². The lowest BCUT2D eigenvalue weighted by Gasteiger charge is -2.04. The van der Waals surface area contributed by atoms with Crippen molar-refractivity contribution in [2.75, 3.05) is 7.11 Å². The number of methoxy groups -OCH3 is 1. The molecule has 3 rings (SSSR count). The number of carbonyl (C=O) groups is 1. The average molecular weight is 365 g/mol. The fourth-order valence-corrected chi connectivity index (χ4v) is 3.67. The van der Waals surface area contributed by atoms with Crippen molar-refractivity contribution in [3.05, 3.63) is 58.7 Å². The lowest BCUT2D eigenvalue weighted by atomic mass is 10.1. The first-order chi connectivity index (χ1) is 11.3. The van der Waals surface area contributed by atoms with Crippen LogP contribution in [0, 0.1) is 6.92 Å². The van der Waals surface area contributed by atoms with E-state index in [1.54, 1.807) is 12.1 Å². The molecule has 0 saturated carbocycles. The zero-order valence-corrected chi connectivity index (χ0v) is 14.4. The van der Waals surface area contributed by atoms with Crippen molar-refractivity contribution in [2.24, 2.45) is 0 Å². The summed E-state index contributed by atoms with van der Waals surface area (Å²) in [6.45, 7) is 1.87. The van der Waals surface area contributed by atoms with Crippen LogP contribution < -0.4 is 0 Å². The number of esters is 1. The average Bonchev–Trinajstić information content (AvgIpc) is 3.01. The summed E-state index contributed by atoms with van der Waals surface area (Å²) in [5.41, 5.74) is 1.47. The summed E-state index contributed by atoms with van der Waals surface area (Å²) in [6, 6.07) is 9.41. The highest BCUT2D eigenvalue weighted by Crippen LogP contribution is 2.28. The lowest BCUT2D eigenvalue weighted by Crippen LogP contribution is -2.13. The van der Waals surface area contributed by atoms with Gasteiger partial charge >= 0.3 is 5.97 Å². The first-order valence-corrected chi connectivity index (χ1v) is 8.75. The SMILES string of the molecule is COC(=O)c1ccc2nn(S(=O)(=O)c3ccc(C)cc3)cc2c1Cl. The van der Waals surface area contributed by atoms with Crippen LogP contribution in [0.4, 0.5) is 0 Å². The molecule has 0 aliphatic carbocycles. The molecule has 24 heavy (non-hydrogen) atoms. The third kappa shape index (κ3) is 2.65. The standard InChI is InChI=1S/C16H13ClN2O4S/c1-10-3-5-11(6-4-10)24(21,22)19-9-13-14(18-19)8-7-12(15(13)17)16(20)23-2/h3-9H,1-2H3. The molecule has 3 aromatic rings. The summed E-state index contributed by atoms with van der Waals surface area (Å²) >= 11 is 6.20. The Labute approximate surface area is 143 Å². The van der Waals surface area contributed by atoms with Crippen molar-refractivity contribution >= 4 is 38.5 Å². The highest BCUT2D eigenvalue weighted by atomic mass is 35.5. The number of hydrogen-bond acceptors (Lipinski definition) is 5. The van der Waals surface area contributed by atoms with Crippen LogP contribution in [0.3, 0.4) is 0 Å². The van der Waals surface area contributed by atoms with Crippen LogP contribution in [-0.4, -0.2) is 30.7 Å². The zero-order chi connectivity index (χ0) is 17.5. The van der Waals surface area contributed by atoms with E-state index in [0.29, 0.717) is 10.9 Å². The molecular weight excluding hydrogens is 352 g/mol. The van der Waals surface area contributed by atoms with E-state index in [9.17, 15) is 13.2 Å². The molecule has 0 radical (unpaired) electrons. The van der Waals surface area contributed by atoms with Gasteiger partial charge in [0, 0.05) is 5.39 Å². The minimum Gasteiger partial charge on any atom is -0.465 e. The van der Waals surface area contributed by atoms with Gasteiger partial charge in [-0.05, 0) is 31.2 Å². The number of halogens is 1. The summed E-state index contributed by atoms with van der Waals surface area (Å²) in [5.74, 6) is -0.601. The molecule has 8 heteroatoms. The van der Waals surface area contributed by atoms with Crippen molar-refractivity contribution in [3.8, 4) is 0 Å². The van der Waals surface area contributed by atoms with Gasteiger partial charge in [0.2, 0.25) is 0 Å². The molecule has 0 fully saturated rings. The van der Waals surface area contributed by atoms with Crippen molar-refractivity contribution in [3.63, 3.8) is 0 Å². The van der Waals surface area contributed by atoms with E-state index in [0.717, 1.165) is 9.65 Å². The first kappa shape index (κ1) is 16.5. The topological polar surface area (TPSA) is 78.3 Å². The minimum absolute atomic E-state index is 0.102. The smallest absolute Gasteiger partial charge is 0.339 e. The summed E-state index contributed by atoms with van der Waals surface area (Å²) < 4.78 is 30.8. The Morgan fingerprint density at radius 3 is 2.46 bits per heavy atom. The molecule has 0 atom stereocenters. The van der Waals surface area contributed by atoms with E-state index in [2.05, 4.69) is 9.84 Å². The van der Waals surface area contributed by atoms with Gasteiger partial charge in [-0.2, -0.15) is 17.6 Å². The predicted octanol–water partition coefficient (Wildman–Crippen LogP) is 3.02. The molecule has 0 unspecified atom stereocenters. The maximum atomic E-state index is 12.7. The third-order valence-corrected chi connectivity index (χ3v) is 5.53. The second-order valence-electron chi connectivity index (χ2n) is 5.17. The molecule has 0 aliphatic rings. The second kappa shape index (κ2) is 5.92. The molecule has 124 valence electrons. The molecule has 0 amide bonds. The van der Waals surface area contributed by atoms with Gasteiger partial charge in [-0.25, -0.2) is 4.79 Å². The molecule has 0 saturated heterocycles. The largest absolute Gasteiger partial charge is 0.465 e. The van der Waals surface area contributed by atoms with Crippen LogP contribution in [0.25, 0.3) is 10.9 Å². The molecular formula is C16H13ClN2O4S. The van der Waals surface area contributed by atoms with Gasteiger partial charge in [-0.15, -0.1) is 0 Å². The number of nitrogens with zero attached hydrogens (tertiary/aromatic N) is 2. The summed E-state index contributed by atoms with van der Waals surface area (Å²) in [6.07, 6.45) is 1.29. The molecule has 6 nitrogen and oxygen atoms in total. The molecule has 1 heterocycles. The van der Waals surface area contributed by atoms with Crippen LogP contribution in [-0.2, 0) is 14.8 Å². The number of rotatable bonds is 3. The molecule has 2 aromatic carbocycles. The zero-order valence-electron chi connectivity index (χ0n) is 12.9. The monoisotopic (exact) mass is 364 g/mol. The number of hydrogen-bond donors (Lipinski definition) is 0. The van der Waals surface area contributed by atoms with Crippen molar-refractivity contribution < 1.29 is 17.9 Å².